The van der Waals surface area contributed by atoms with Crippen LogP contribution in [-0.4, -0.2) is 5.91 Å². The van der Waals surface area contributed by atoms with E-state index in [9.17, 15) is 4.79 Å². The van der Waals surface area contributed by atoms with Crippen molar-refractivity contribution >= 4 is 24.0 Å². The van der Waals surface area contributed by atoms with E-state index in [4.69, 9.17) is 5.73 Å². The van der Waals surface area contributed by atoms with Crippen molar-refractivity contribution in [1.29, 1.82) is 0 Å². The molecule has 19 heavy (non-hydrogen) atoms. The molecule has 3 N–H and O–H groups in total. The third-order valence-corrected chi connectivity index (χ3v) is 2.82. The summed E-state index contributed by atoms with van der Waals surface area (Å²) < 4.78 is 0. The van der Waals surface area contributed by atoms with Gasteiger partial charge in [-0.2, -0.15) is 0 Å². The zero-order chi connectivity index (χ0) is 13.8. The van der Waals surface area contributed by atoms with Gasteiger partial charge in [-0.15, -0.1) is 12.4 Å². The van der Waals surface area contributed by atoms with E-state index in [2.05, 4.69) is 26.1 Å². The normalized spacial score (nSPS) is 12.5. The Balaban J connectivity index is 0.00000324. The molecule has 108 valence electrons. The lowest BCUT2D eigenvalue weighted by Gasteiger charge is -2.17. The van der Waals surface area contributed by atoms with E-state index in [1.807, 2.05) is 31.2 Å². The van der Waals surface area contributed by atoms with E-state index in [1.54, 1.807) is 0 Å². The minimum atomic E-state index is 0. The molecule has 3 nitrogen and oxygen atoms in total. The second-order valence-electron chi connectivity index (χ2n) is 6.02. The van der Waals surface area contributed by atoms with Crippen molar-refractivity contribution in [3.63, 3.8) is 0 Å². The summed E-state index contributed by atoms with van der Waals surface area (Å²) in [5.74, 6) is 0.0680. The summed E-state index contributed by atoms with van der Waals surface area (Å²) in [6.45, 7) is 8.35. The molecule has 1 aromatic rings. The number of hydrogen-bond donors (Lipinski definition) is 2. The SMILES string of the molecule is CC(N)c1ccc(NC(=O)CCC(C)(C)C)cc1.Cl. The van der Waals surface area contributed by atoms with Gasteiger partial charge in [0.1, 0.15) is 0 Å². The Hall–Kier alpha value is -1.06. The molecule has 0 heterocycles. The van der Waals surface area contributed by atoms with Crippen LogP contribution in [0.5, 0.6) is 0 Å². The van der Waals surface area contributed by atoms with Crippen LogP contribution in [0.4, 0.5) is 5.69 Å². The molecule has 0 saturated heterocycles. The second kappa shape index (κ2) is 7.51. The number of amides is 1. The summed E-state index contributed by atoms with van der Waals surface area (Å²) in [4.78, 5) is 11.7. The number of nitrogens with two attached hydrogens (primary N) is 1. The van der Waals surface area contributed by atoms with Gasteiger partial charge in [-0.05, 0) is 36.5 Å². The fourth-order valence-electron chi connectivity index (χ4n) is 1.58. The summed E-state index contributed by atoms with van der Waals surface area (Å²) in [5.41, 5.74) is 7.87. The van der Waals surface area contributed by atoms with Crippen molar-refractivity contribution in [2.24, 2.45) is 11.1 Å². The molecule has 0 aliphatic heterocycles. The highest BCUT2D eigenvalue weighted by Crippen LogP contribution is 2.21. The number of carbonyl (C=O) groups is 1. The molecule has 1 rings (SSSR count). The van der Waals surface area contributed by atoms with E-state index >= 15 is 0 Å². The van der Waals surface area contributed by atoms with Gasteiger partial charge in [-0.3, -0.25) is 4.79 Å². The lowest BCUT2D eigenvalue weighted by atomic mass is 9.90. The monoisotopic (exact) mass is 284 g/mol. The van der Waals surface area contributed by atoms with Crippen molar-refractivity contribution in [3.05, 3.63) is 29.8 Å². The maximum atomic E-state index is 11.7. The van der Waals surface area contributed by atoms with E-state index in [1.165, 1.54) is 0 Å². The summed E-state index contributed by atoms with van der Waals surface area (Å²) in [7, 11) is 0. The number of hydrogen-bond acceptors (Lipinski definition) is 2. The number of benzene rings is 1. The van der Waals surface area contributed by atoms with Crippen molar-refractivity contribution in [3.8, 4) is 0 Å². The van der Waals surface area contributed by atoms with Gasteiger partial charge in [0.05, 0.1) is 0 Å². The first-order valence-corrected chi connectivity index (χ1v) is 6.43. The largest absolute Gasteiger partial charge is 0.326 e. The number of carbonyl (C=O) groups excluding carboxylic acids is 1. The molecule has 1 amide bonds. The van der Waals surface area contributed by atoms with Crippen LogP contribution >= 0.6 is 12.4 Å². The van der Waals surface area contributed by atoms with Crippen LogP contribution in [-0.2, 0) is 4.79 Å². The Bertz CT molecular complexity index is 394. The van der Waals surface area contributed by atoms with Crippen LogP contribution < -0.4 is 11.1 Å². The average Bonchev–Trinajstić information content (AvgIpc) is 2.26. The van der Waals surface area contributed by atoms with Gasteiger partial charge >= 0.3 is 0 Å². The van der Waals surface area contributed by atoms with Crippen LogP contribution in [0.2, 0.25) is 0 Å². The summed E-state index contributed by atoms with van der Waals surface area (Å²) in [6, 6.07) is 7.71. The molecule has 0 aliphatic rings. The van der Waals surface area contributed by atoms with E-state index in [0.29, 0.717) is 6.42 Å². The van der Waals surface area contributed by atoms with Gasteiger partial charge in [0.2, 0.25) is 5.91 Å². The van der Waals surface area contributed by atoms with Gasteiger partial charge in [0, 0.05) is 18.2 Å². The van der Waals surface area contributed by atoms with Crippen LogP contribution in [0.25, 0.3) is 0 Å². The minimum absolute atomic E-state index is 0. The number of anilines is 1. The topological polar surface area (TPSA) is 55.1 Å². The van der Waals surface area contributed by atoms with Crippen molar-refractivity contribution in [1.82, 2.24) is 0 Å². The van der Waals surface area contributed by atoms with Crippen LogP contribution in [0.15, 0.2) is 24.3 Å². The Morgan fingerprint density at radius 2 is 1.79 bits per heavy atom. The van der Waals surface area contributed by atoms with E-state index < -0.39 is 0 Å². The van der Waals surface area contributed by atoms with Crippen molar-refractivity contribution in [2.45, 2.75) is 46.6 Å². The molecule has 0 fully saturated rings. The molecule has 0 saturated carbocycles. The maximum absolute atomic E-state index is 11.7. The first-order valence-electron chi connectivity index (χ1n) is 6.43. The first-order chi connectivity index (χ1) is 8.28. The molecular formula is C15H25ClN2O. The molecule has 1 unspecified atom stereocenters. The summed E-state index contributed by atoms with van der Waals surface area (Å²) >= 11 is 0. The molecule has 0 aliphatic carbocycles. The molecule has 1 atom stereocenters. The fourth-order valence-corrected chi connectivity index (χ4v) is 1.58. The second-order valence-corrected chi connectivity index (χ2v) is 6.02. The highest BCUT2D eigenvalue weighted by atomic mass is 35.5. The lowest BCUT2D eigenvalue weighted by molar-refractivity contribution is -0.116. The van der Waals surface area contributed by atoms with Crippen molar-refractivity contribution < 1.29 is 4.79 Å². The Kier molecular flexibility index (Phi) is 7.09. The highest BCUT2D eigenvalue weighted by Gasteiger charge is 2.12. The zero-order valence-electron chi connectivity index (χ0n) is 12.2. The lowest BCUT2D eigenvalue weighted by Crippen LogP contribution is -2.15. The number of rotatable bonds is 4. The smallest absolute Gasteiger partial charge is 0.224 e. The van der Waals surface area contributed by atoms with Gasteiger partial charge in [-0.1, -0.05) is 32.9 Å². The van der Waals surface area contributed by atoms with Gasteiger partial charge in [-0.25, -0.2) is 0 Å². The van der Waals surface area contributed by atoms with E-state index in [0.717, 1.165) is 17.7 Å². The van der Waals surface area contributed by atoms with Crippen LogP contribution in [0.1, 0.15) is 52.1 Å². The predicted octanol–water partition coefficient (Wildman–Crippen LogP) is 3.89. The highest BCUT2D eigenvalue weighted by molar-refractivity contribution is 5.90. The Morgan fingerprint density at radius 3 is 2.21 bits per heavy atom. The third-order valence-electron chi connectivity index (χ3n) is 2.82. The zero-order valence-corrected chi connectivity index (χ0v) is 13.0. The third kappa shape index (κ3) is 7.19. The average molecular weight is 285 g/mol. The van der Waals surface area contributed by atoms with E-state index in [-0.39, 0.29) is 29.8 Å². The van der Waals surface area contributed by atoms with Crippen LogP contribution in [0, 0.1) is 5.41 Å². The van der Waals surface area contributed by atoms with Gasteiger partial charge in [0.15, 0.2) is 0 Å². The van der Waals surface area contributed by atoms with Gasteiger partial charge in [0.25, 0.3) is 0 Å². The standard InChI is InChI=1S/C15H24N2O.ClH/c1-11(16)12-5-7-13(8-6-12)17-14(18)9-10-15(2,3)4;/h5-8,11H,9-10,16H2,1-4H3,(H,17,18);1H. The van der Waals surface area contributed by atoms with Crippen molar-refractivity contribution in [2.75, 3.05) is 5.32 Å². The molecule has 0 radical (unpaired) electrons. The van der Waals surface area contributed by atoms with Crippen LogP contribution in [0.3, 0.4) is 0 Å². The molecule has 0 spiro atoms. The Morgan fingerprint density at radius 1 is 1.26 bits per heavy atom. The minimum Gasteiger partial charge on any atom is -0.326 e. The summed E-state index contributed by atoms with van der Waals surface area (Å²) in [6.07, 6.45) is 1.44. The first kappa shape index (κ1) is 17.9. The Labute approximate surface area is 122 Å². The summed E-state index contributed by atoms with van der Waals surface area (Å²) in [5, 5.41) is 2.90. The molecule has 4 heteroatoms. The maximum Gasteiger partial charge on any atom is 0.224 e. The quantitative estimate of drug-likeness (QED) is 0.881. The number of nitrogens with one attached hydrogen (secondary N) is 1. The molecular weight excluding hydrogens is 260 g/mol. The van der Waals surface area contributed by atoms with Gasteiger partial charge < -0.3 is 11.1 Å². The molecule has 1 aromatic carbocycles. The predicted molar refractivity (Wildman–Crippen MR) is 83.6 cm³/mol. The number of halogens is 1. The fraction of sp³-hybridized carbons (Fsp3) is 0.533. The molecule has 0 bridgehead atoms. The molecule has 0 aromatic heterocycles.